The summed E-state index contributed by atoms with van der Waals surface area (Å²) in [5, 5.41) is 10.2. The van der Waals surface area contributed by atoms with Gasteiger partial charge in [-0.2, -0.15) is 0 Å². The summed E-state index contributed by atoms with van der Waals surface area (Å²) in [6.07, 6.45) is 4.86. The Labute approximate surface area is 180 Å². The predicted octanol–water partition coefficient (Wildman–Crippen LogP) is 5.06. The fourth-order valence-electron chi connectivity index (χ4n) is 2.86. The largest absolute Gasteiger partial charge is 0.386 e. The molecule has 0 unspecified atom stereocenters. The number of aliphatic hydroxyl groups is 1. The van der Waals surface area contributed by atoms with Crippen molar-refractivity contribution in [1.29, 1.82) is 0 Å². The number of rotatable bonds is 5. The van der Waals surface area contributed by atoms with Gasteiger partial charge in [-0.3, -0.25) is 4.98 Å². The zero-order chi connectivity index (χ0) is 21.2. The molecule has 4 nitrogen and oxygen atoms in total. The van der Waals surface area contributed by atoms with Crippen LogP contribution in [0.5, 0.6) is 0 Å². The van der Waals surface area contributed by atoms with Crippen molar-refractivity contribution in [2.75, 3.05) is 6.26 Å². The molecular formula is C23H22BrNO3S. The number of pyridine rings is 1. The van der Waals surface area contributed by atoms with E-state index >= 15 is 0 Å². The van der Waals surface area contributed by atoms with Crippen molar-refractivity contribution < 1.29 is 13.5 Å². The minimum absolute atomic E-state index is 0.272. The second kappa shape index (κ2) is 8.22. The number of aromatic nitrogens is 1. The Morgan fingerprint density at radius 2 is 1.76 bits per heavy atom. The molecule has 0 aliphatic heterocycles. The van der Waals surface area contributed by atoms with E-state index in [4.69, 9.17) is 0 Å². The second-order valence-electron chi connectivity index (χ2n) is 7.40. The van der Waals surface area contributed by atoms with Crippen LogP contribution in [0.2, 0.25) is 0 Å². The molecule has 0 spiro atoms. The minimum Gasteiger partial charge on any atom is -0.386 e. The molecule has 0 aliphatic carbocycles. The van der Waals surface area contributed by atoms with Crippen molar-refractivity contribution in [2.45, 2.75) is 24.3 Å². The lowest BCUT2D eigenvalue weighted by Gasteiger charge is -2.18. The molecule has 1 aromatic heterocycles. The van der Waals surface area contributed by atoms with Gasteiger partial charge in [0.05, 0.1) is 16.2 Å². The average molecular weight is 472 g/mol. The number of hydrogen-bond acceptors (Lipinski definition) is 4. The molecule has 1 heterocycles. The molecule has 3 aromatic rings. The van der Waals surface area contributed by atoms with Crippen LogP contribution in [0, 0.1) is 0 Å². The van der Waals surface area contributed by atoms with Gasteiger partial charge in [-0.15, -0.1) is 0 Å². The van der Waals surface area contributed by atoms with Crippen LogP contribution in [0.4, 0.5) is 0 Å². The maximum atomic E-state index is 11.8. The summed E-state index contributed by atoms with van der Waals surface area (Å²) in [5.74, 6) is 0. The lowest BCUT2D eigenvalue weighted by Crippen LogP contribution is -2.15. The van der Waals surface area contributed by atoms with Crippen LogP contribution in [0.3, 0.4) is 0 Å². The molecule has 0 saturated heterocycles. The van der Waals surface area contributed by atoms with Crippen LogP contribution in [0.15, 0.2) is 76.2 Å². The highest BCUT2D eigenvalue weighted by Crippen LogP contribution is 2.28. The summed E-state index contributed by atoms with van der Waals surface area (Å²) in [4.78, 5) is 4.83. The van der Waals surface area contributed by atoms with E-state index < -0.39 is 15.4 Å². The first-order chi connectivity index (χ1) is 13.5. The van der Waals surface area contributed by atoms with Gasteiger partial charge in [0.25, 0.3) is 0 Å². The highest BCUT2D eigenvalue weighted by atomic mass is 79.9. The van der Waals surface area contributed by atoms with Crippen LogP contribution >= 0.6 is 15.9 Å². The van der Waals surface area contributed by atoms with E-state index in [2.05, 4.69) is 20.9 Å². The van der Waals surface area contributed by atoms with Crippen molar-refractivity contribution in [3.63, 3.8) is 0 Å². The summed E-state index contributed by atoms with van der Waals surface area (Å²) < 4.78 is 24.5. The van der Waals surface area contributed by atoms with Gasteiger partial charge in [-0.1, -0.05) is 46.3 Å². The number of hydrogen-bond donors (Lipinski definition) is 1. The maximum Gasteiger partial charge on any atom is 0.175 e. The minimum atomic E-state index is -3.27. The van der Waals surface area contributed by atoms with E-state index in [0.29, 0.717) is 0 Å². The van der Waals surface area contributed by atoms with Gasteiger partial charge in [0.1, 0.15) is 0 Å². The van der Waals surface area contributed by atoms with E-state index in [9.17, 15) is 13.5 Å². The Morgan fingerprint density at radius 1 is 1.07 bits per heavy atom. The molecule has 0 aliphatic rings. The van der Waals surface area contributed by atoms with Gasteiger partial charge in [0.2, 0.25) is 0 Å². The second-order valence-corrected chi connectivity index (χ2v) is 10.3. The lowest BCUT2D eigenvalue weighted by atomic mass is 9.96. The zero-order valence-corrected chi connectivity index (χ0v) is 18.8. The fraction of sp³-hybridized carbons (Fsp3) is 0.174. The normalized spacial score (nSPS) is 12.8. The van der Waals surface area contributed by atoms with E-state index in [0.717, 1.165) is 32.4 Å². The van der Waals surface area contributed by atoms with Crippen molar-refractivity contribution in [2.24, 2.45) is 0 Å². The summed E-state index contributed by atoms with van der Waals surface area (Å²) in [6.45, 7) is 3.43. The third-order valence-corrected chi connectivity index (χ3v) is 6.12. The van der Waals surface area contributed by atoms with Crippen LogP contribution in [-0.4, -0.2) is 24.8 Å². The number of benzene rings is 2. The number of halogens is 1. The van der Waals surface area contributed by atoms with Gasteiger partial charge in [-0.25, -0.2) is 8.42 Å². The van der Waals surface area contributed by atoms with Gasteiger partial charge >= 0.3 is 0 Å². The molecule has 2 aromatic carbocycles. The van der Waals surface area contributed by atoms with Gasteiger partial charge in [0.15, 0.2) is 9.84 Å². The van der Waals surface area contributed by atoms with E-state index in [-0.39, 0.29) is 4.90 Å². The molecule has 0 atom stereocenters. The molecule has 1 N–H and O–H groups in total. The van der Waals surface area contributed by atoms with Crippen LogP contribution < -0.4 is 0 Å². The highest BCUT2D eigenvalue weighted by molar-refractivity contribution is 9.10. The molecule has 0 bridgehead atoms. The molecule has 6 heteroatoms. The molecule has 150 valence electrons. The lowest BCUT2D eigenvalue weighted by molar-refractivity contribution is 0.0782. The van der Waals surface area contributed by atoms with Crippen LogP contribution in [0.25, 0.3) is 11.6 Å². The zero-order valence-electron chi connectivity index (χ0n) is 16.4. The monoisotopic (exact) mass is 471 g/mol. The van der Waals surface area contributed by atoms with Crippen LogP contribution in [0.1, 0.15) is 36.2 Å². The predicted molar refractivity (Wildman–Crippen MR) is 120 cm³/mol. The third-order valence-electron chi connectivity index (χ3n) is 4.50. The summed E-state index contributed by atoms with van der Waals surface area (Å²) in [5.41, 5.74) is 3.15. The fourth-order valence-corrected chi connectivity index (χ4v) is 3.91. The van der Waals surface area contributed by atoms with Crippen molar-refractivity contribution >= 4 is 37.4 Å². The van der Waals surface area contributed by atoms with E-state index in [1.165, 1.54) is 6.26 Å². The Morgan fingerprint density at radius 3 is 2.28 bits per heavy atom. The first-order valence-electron chi connectivity index (χ1n) is 9.01. The Balaban J connectivity index is 2.12. The molecule has 0 amide bonds. The van der Waals surface area contributed by atoms with Gasteiger partial charge in [0, 0.05) is 28.1 Å². The first-order valence-corrected chi connectivity index (χ1v) is 11.7. The third kappa shape index (κ3) is 5.41. The molecule has 0 radical (unpaired) electrons. The van der Waals surface area contributed by atoms with E-state index in [1.54, 1.807) is 44.3 Å². The average Bonchev–Trinajstić information content (AvgIpc) is 2.65. The molecule has 3 rings (SSSR count). The standard InChI is InChI=1S/C23H22BrNO3S/c1-23(2,26)18-9-12-22(25-15-18)21(14-16-5-4-6-19(24)13-16)17-7-10-20(11-8-17)29(3,27)28/h4-15,26H,1-3H3/b21-14+. The molecule has 29 heavy (non-hydrogen) atoms. The summed E-state index contributed by atoms with van der Waals surface area (Å²) >= 11 is 3.49. The topological polar surface area (TPSA) is 67.3 Å². The van der Waals surface area contributed by atoms with E-state index in [1.807, 2.05) is 42.5 Å². The maximum absolute atomic E-state index is 11.8. The van der Waals surface area contributed by atoms with Gasteiger partial charge in [-0.05, 0) is 61.4 Å². The molecule has 0 fully saturated rings. The number of nitrogens with zero attached hydrogens (tertiary/aromatic N) is 1. The Hall–Kier alpha value is -2.28. The molecular weight excluding hydrogens is 450 g/mol. The number of sulfone groups is 1. The van der Waals surface area contributed by atoms with Crippen molar-refractivity contribution in [3.8, 4) is 0 Å². The molecule has 0 saturated carbocycles. The summed E-state index contributed by atoms with van der Waals surface area (Å²) in [6, 6.07) is 18.4. The van der Waals surface area contributed by atoms with Crippen molar-refractivity contribution in [1.82, 2.24) is 4.98 Å². The Bertz CT molecular complexity index is 1140. The Kier molecular flexibility index (Phi) is 6.08. The summed E-state index contributed by atoms with van der Waals surface area (Å²) in [7, 11) is -3.27. The quantitative estimate of drug-likeness (QED) is 0.527. The van der Waals surface area contributed by atoms with Gasteiger partial charge < -0.3 is 5.11 Å². The van der Waals surface area contributed by atoms with Crippen LogP contribution in [-0.2, 0) is 15.4 Å². The van der Waals surface area contributed by atoms with Crippen molar-refractivity contribution in [3.05, 3.63) is 93.7 Å². The SMILES string of the molecule is CC(C)(O)c1ccc(/C(=C/c2cccc(Br)c2)c2ccc(S(C)(=O)=O)cc2)nc1. The first kappa shape index (κ1) is 21.4. The highest BCUT2D eigenvalue weighted by Gasteiger charge is 2.17. The smallest absolute Gasteiger partial charge is 0.175 e.